The zero-order valence-corrected chi connectivity index (χ0v) is 13.1. The zero-order valence-electron chi connectivity index (χ0n) is 12.3. The molecule has 0 radical (unpaired) electrons. The van der Waals surface area contributed by atoms with Crippen LogP contribution in [0.15, 0.2) is 23.1 Å². The summed E-state index contributed by atoms with van der Waals surface area (Å²) in [6, 6.07) is 5.24. The van der Waals surface area contributed by atoms with Crippen molar-refractivity contribution in [2.24, 2.45) is 5.73 Å². The van der Waals surface area contributed by atoms with Gasteiger partial charge in [-0.1, -0.05) is 25.3 Å². The first-order chi connectivity index (χ1) is 9.38. The Labute approximate surface area is 121 Å². The zero-order chi connectivity index (χ0) is 14.8. The lowest BCUT2D eigenvalue weighted by atomic mass is 9.83. The van der Waals surface area contributed by atoms with E-state index in [2.05, 4.69) is 4.72 Å². The lowest BCUT2D eigenvalue weighted by Crippen LogP contribution is -2.54. The lowest BCUT2D eigenvalue weighted by molar-refractivity contribution is 0.276. The molecule has 0 spiro atoms. The first kappa shape index (κ1) is 15.5. The Morgan fingerprint density at radius 1 is 1.15 bits per heavy atom. The molecule has 0 saturated heterocycles. The van der Waals surface area contributed by atoms with Crippen LogP contribution >= 0.6 is 0 Å². The fourth-order valence-corrected chi connectivity index (χ4v) is 4.36. The molecule has 5 heteroatoms. The van der Waals surface area contributed by atoms with Gasteiger partial charge < -0.3 is 5.73 Å². The molecule has 1 aliphatic carbocycles. The van der Waals surface area contributed by atoms with E-state index in [0.29, 0.717) is 11.4 Å². The van der Waals surface area contributed by atoms with Crippen LogP contribution in [0, 0.1) is 13.8 Å². The molecule has 1 fully saturated rings. The molecule has 4 nitrogen and oxygen atoms in total. The van der Waals surface area contributed by atoms with Gasteiger partial charge in [-0.15, -0.1) is 0 Å². The van der Waals surface area contributed by atoms with Gasteiger partial charge in [-0.25, -0.2) is 13.1 Å². The summed E-state index contributed by atoms with van der Waals surface area (Å²) in [5, 5.41) is 0. The lowest BCUT2D eigenvalue weighted by Gasteiger charge is -2.36. The largest absolute Gasteiger partial charge is 0.329 e. The summed E-state index contributed by atoms with van der Waals surface area (Å²) in [5.74, 6) is 0. The van der Waals surface area contributed by atoms with Gasteiger partial charge in [0.15, 0.2) is 0 Å². The molecule has 0 unspecified atom stereocenters. The minimum Gasteiger partial charge on any atom is -0.329 e. The molecule has 0 heterocycles. The third kappa shape index (κ3) is 3.22. The summed E-state index contributed by atoms with van der Waals surface area (Å²) in [7, 11) is -3.50. The Kier molecular flexibility index (Phi) is 4.52. The maximum absolute atomic E-state index is 12.6. The molecule has 112 valence electrons. The Morgan fingerprint density at radius 2 is 1.80 bits per heavy atom. The van der Waals surface area contributed by atoms with Crippen molar-refractivity contribution in [3.8, 4) is 0 Å². The van der Waals surface area contributed by atoms with Gasteiger partial charge in [0, 0.05) is 12.1 Å². The van der Waals surface area contributed by atoms with Crippen molar-refractivity contribution < 1.29 is 8.42 Å². The van der Waals surface area contributed by atoms with Crippen molar-refractivity contribution in [2.45, 2.75) is 56.4 Å². The number of aryl methyl sites for hydroxylation is 2. The minimum atomic E-state index is -3.50. The SMILES string of the molecule is Cc1ccc(S(=O)(=O)NC2(CN)CCCCC2)cc1C. The van der Waals surface area contributed by atoms with Gasteiger partial charge in [0.05, 0.1) is 4.90 Å². The summed E-state index contributed by atoms with van der Waals surface area (Å²) in [6.45, 7) is 4.26. The van der Waals surface area contributed by atoms with E-state index in [9.17, 15) is 8.42 Å². The normalized spacial score (nSPS) is 18.9. The number of hydrogen-bond acceptors (Lipinski definition) is 3. The van der Waals surface area contributed by atoms with Gasteiger partial charge in [0.1, 0.15) is 0 Å². The molecule has 1 saturated carbocycles. The standard InChI is InChI=1S/C15H24N2O2S/c1-12-6-7-14(10-13(12)2)20(18,19)17-15(11-16)8-4-3-5-9-15/h6-7,10,17H,3-5,8-9,11,16H2,1-2H3. The van der Waals surface area contributed by atoms with E-state index in [0.717, 1.165) is 43.2 Å². The van der Waals surface area contributed by atoms with Crippen molar-refractivity contribution >= 4 is 10.0 Å². The van der Waals surface area contributed by atoms with E-state index in [4.69, 9.17) is 5.73 Å². The van der Waals surface area contributed by atoms with Gasteiger partial charge in [-0.2, -0.15) is 0 Å². The molecule has 20 heavy (non-hydrogen) atoms. The predicted octanol–water partition coefficient (Wildman–Crippen LogP) is 2.24. The van der Waals surface area contributed by atoms with Gasteiger partial charge in [-0.3, -0.25) is 0 Å². The number of rotatable bonds is 4. The third-order valence-electron chi connectivity index (χ3n) is 4.34. The Hall–Kier alpha value is -0.910. The second-order valence-corrected chi connectivity index (χ2v) is 7.58. The maximum Gasteiger partial charge on any atom is 0.241 e. The van der Waals surface area contributed by atoms with Crippen LogP contribution in [0.25, 0.3) is 0 Å². The molecule has 0 amide bonds. The van der Waals surface area contributed by atoms with Crippen LogP contribution in [0.3, 0.4) is 0 Å². The summed E-state index contributed by atoms with van der Waals surface area (Å²) in [4.78, 5) is 0.332. The topological polar surface area (TPSA) is 72.2 Å². The monoisotopic (exact) mass is 296 g/mol. The first-order valence-electron chi connectivity index (χ1n) is 7.20. The van der Waals surface area contributed by atoms with Gasteiger partial charge in [0.2, 0.25) is 10.0 Å². The van der Waals surface area contributed by atoms with Crippen LogP contribution in [0.5, 0.6) is 0 Å². The second-order valence-electron chi connectivity index (χ2n) is 5.90. The van der Waals surface area contributed by atoms with Crippen LogP contribution in [-0.4, -0.2) is 20.5 Å². The van der Waals surface area contributed by atoms with Crippen LogP contribution in [0.4, 0.5) is 0 Å². The maximum atomic E-state index is 12.6. The molecule has 0 atom stereocenters. The van der Waals surface area contributed by atoms with Crippen molar-refractivity contribution in [1.82, 2.24) is 4.72 Å². The molecule has 0 aliphatic heterocycles. The van der Waals surface area contributed by atoms with Crippen LogP contribution < -0.4 is 10.5 Å². The Morgan fingerprint density at radius 3 is 2.35 bits per heavy atom. The van der Waals surface area contributed by atoms with E-state index >= 15 is 0 Å². The summed E-state index contributed by atoms with van der Waals surface area (Å²) in [6.07, 6.45) is 4.88. The number of benzene rings is 1. The molecular weight excluding hydrogens is 272 g/mol. The van der Waals surface area contributed by atoms with Crippen molar-refractivity contribution in [2.75, 3.05) is 6.54 Å². The highest BCUT2D eigenvalue weighted by Gasteiger charge is 2.35. The molecular formula is C15H24N2O2S. The number of nitrogens with two attached hydrogens (primary N) is 1. The molecule has 1 aromatic rings. The fraction of sp³-hybridized carbons (Fsp3) is 0.600. The number of hydrogen-bond donors (Lipinski definition) is 2. The van der Waals surface area contributed by atoms with Crippen LogP contribution in [0.2, 0.25) is 0 Å². The predicted molar refractivity (Wildman–Crippen MR) is 81.1 cm³/mol. The highest BCUT2D eigenvalue weighted by Crippen LogP contribution is 2.29. The van der Waals surface area contributed by atoms with E-state index in [1.54, 1.807) is 12.1 Å². The Bertz CT molecular complexity index is 576. The molecule has 2 rings (SSSR count). The number of nitrogens with one attached hydrogen (secondary N) is 1. The third-order valence-corrected chi connectivity index (χ3v) is 5.92. The average molecular weight is 296 g/mol. The molecule has 0 bridgehead atoms. The Balaban J connectivity index is 2.27. The first-order valence-corrected chi connectivity index (χ1v) is 8.68. The van der Waals surface area contributed by atoms with Crippen molar-refractivity contribution in [3.63, 3.8) is 0 Å². The molecule has 0 aromatic heterocycles. The summed E-state index contributed by atoms with van der Waals surface area (Å²) >= 11 is 0. The molecule has 3 N–H and O–H groups in total. The van der Waals surface area contributed by atoms with Crippen molar-refractivity contribution in [1.29, 1.82) is 0 Å². The molecule has 1 aliphatic rings. The van der Waals surface area contributed by atoms with E-state index in [1.807, 2.05) is 19.9 Å². The van der Waals surface area contributed by atoms with Crippen molar-refractivity contribution in [3.05, 3.63) is 29.3 Å². The number of sulfonamides is 1. The highest BCUT2D eigenvalue weighted by atomic mass is 32.2. The van der Waals surface area contributed by atoms with Gasteiger partial charge >= 0.3 is 0 Å². The highest BCUT2D eigenvalue weighted by molar-refractivity contribution is 7.89. The van der Waals surface area contributed by atoms with E-state index < -0.39 is 15.6 Å². The second kappa shape index (κ2) is 5.84. The minimum absolute atomic E-state index is 0.332. The summed E-state index contributed by atoms with van der Waals surface area (Å²) < 4.78 is 28.0. The van der Waals surface area contributed by atoms with E-state index in [-0.39, 0.29) is 0 Å². The van der Waals surface area contributed by atoms with Crippen LogP contribution in [-0.2, 0) is 10.0 Å². The summed E-state index contributed by atoms with van der Waals surface area (Å²) in [5.41, 5.74) is 7.47. The molecule has 1 aromatic carbocycles. The van der Waals surface area contributed by atoms with E-state index in [1.165, 1.54) is 0 Å². The average Bonchev–Trinajstić information content (AvgIpc) is 2.42. The van der Waals surface area contributed by atoms with Gasteiger partial charge in [0.25, 0.3) is 0 Å². The smallest absolute Gasteiger partial charge is 0.241 e. The fourth-order valence-electron chi connectivity index (χ4n) is 2.80. The van der Waals surface area contributed by atoms with Crippen LogP contribution in [0.1, 0.15) is 43.2 Å². The quantitative estimate of drug-likeness (QED) is 0.895. The van der Waals surface area contributed by atoms with Gasteiger partial charge in [-0.05, 0) is 49.9 Å².